The van der Waals surface area contributed by atoms with Gasteiger partial charge in [0.1, 0.15) is 5.75 Å². The summed E-state index contributed by atoms with van der Waals surface area (Å²) in [5, 5.41) is 3.35. The molecule has 1 rings (SSSR count). The van der Waals surface area contributed by atoms with E-state index in [0.717, 1.165) is 11.3 Å². The lowest BCUT2D eigenvalue weighted by Gasteiger charge is -2.23. The van der Waals surface area contributed by atoms with E-state index in [1.54, 1.807) is 6.07 Å². The summed E-state index contributed by atoms with van der Waals surface area (Å²) in [5.41, 5.74) is 2.11. The lowest BCUT2D eigenvalue weighted by Crippen LogP contribution is -2.26. The van der Waals surface area contributed by atoms with Crippen LogP contribution in [0.3, 0.4) is 0 Å². The van der Waals surface area contributed by atoms with E-state index in [1.165, 1.54) is 0 Å². The fourth-order valence-electron chi connectivity index (χ4n) is 1.27. The van der Waals surface area contributed by atoms with Gasteiger partial charge in [-0.3, -0.25) is 4.79 Å². The number of aryl methyl sites for hydroxylation is 1. The minimum Gasteiger partial charge on any atom is -0.429 e. The summed E-state index contributed by atoms with van der Waals surface area (Å²) in [4.78, 5) is 10.2. The molecular formula is C12H17NO2. The molecule has 0 aliphatic heterocycles. The summed E-state index contributed by atoms with van der Waals surface area (Å²) in [6.07, 6.45) is 0. The van der Waals surface area contributed by atoms with E-state index in [9.17, 15) is 4.79 Å². The highest BCUT2D eigenvalue weighted by Crippen LogP contribution is 2.24. The van der Waals surface area contributed by atoms with Gasteiger partial charge in [0.05, 0.1) is 0 Å². The zero-order chi connectivity index (χ0) is 11.5. The van der Waals surface area contributed by atoms with Gasteiger partial charge in [-0.2, -0.15) is 0 Å². The second kappa shape index (κ2) is 4.34. The predicted molar refractivity (Wildman–Crippen MR) is 61.2 cm³/mol. The van der Waals surface area contributed by atoms with Crippen LogP contribution >= 0.6 is 0 Å². The first kappa shape index (κ1) is 11.6. The maximum atomic E-state index is 10.2. The van der Waals surface area contributed by atoms with Crippen molar-refractivity contribution in [2.45, 2.75) is 33.2 Å². The number of benzene rings is 1. The van der Waals surface area contributed by atoms with Gasteiger partial charge in [-0.1, -0.05) is 6.07 Å². The van der Waals surface area contributed by atoms with Crippen molar-refractivity contribution in [1.82, 2.24) is 0 Å². The normalized spacial score (nSPS) is 10.9. The van der Waals surface area contributed by atoms with E-state index in [-0.39, 0.29) is 5.54 Å². The summed E-state index contributed by atoms with van der Waals surface area (Å²) in [6.45, 7) is 8.70. The van der Waals surface area contributed by atoms with E-state index in [2.05, 4.69) is 26.1 Å². The SMILES string of the molecule is Cc1ccc(OC=O)cc1NC(C)(C)C. The van der Waals surface area contributed by atoms with E-state index in [0.29, 0.717) is 12.2 Å². The zero-order valence-electron chi connectivity index (χ0n) is 9.63. The number of hydrogen-bond donors (Lipinski definition) is 1. The molecule has 82 valence electrons. The molecule has 1 N–H and O–H groups in total. The van der Waals surface area contributed by atoms with E-state index < -0.39 is 0 Å². The van der Waals surface area contributed by atoms with Crippen molar-refractivity contribution in [2.24, 2.45) is 0 Å². The summed E-state index contributed by atoms with van der Waals surface area (Å²) in [6, 6.07) is 5.53. The minimum absolute atomic E-state index is 0.00936. The first-order chi connectivity index (χ1) is 6.92. The first-order valence-corrected chi connectivity index (χ1v) is 4.91. The van der Waals surface area contributed by atoms with Crippen molar-refractivity contribution >= 4 is 12.2 Å². The highest BCUT2D eigenvalue weighted by atomic mass is 16.5. The molecule has 0 bridgehead atoms. The van der Waals surface area contributed by atoms with Gasteiger partial charge < -0.3 is 10.1 Å². The second-order valence-electron chi connectivity index (χ2n) is 4.57. The molecule has 0 saturated heterocycles. The Kier molecular flexibility index (Phi) is 3.35. The third kappa shape index (κ3) is 3.62. The predicted octanol–water partition coefficient (Wildman–Crippen LogP) is 2.74. The number of ether oxygens (including phenoxy) is 1. The number of carbonyl (C=O) groups excluding carboxylic acids is 1. The number of anilines is 1. The molecule has 0 unspecified atom stereocenters. The van der Waals surface area contributed by atoms with Gasteiger partial charge in [-0.05, 0) is 39.3 Å². The van der Waals surface area contributed by atoms with Crippen LogP contribution in [-0.4, -0.2) is 12.0 Å². The van der Waals surface area contributed by atoms with Gasteiger partial charge in [-0.25, -0.2) is 0 Å². The van der Waals surface area contributed by atoms with Crippen molar-refractivity contribution in [3.63, 3.8) is 0 Å². The Bertz CT molecular complexity index is 353. The molecule has 0 fully saturated rings. The maximum Gasteiger partial charge on any atom is 0.298 e. The van der Waals surface area contributed by atoms with Crippen LogP contribution in [0, 0.1) is 6.92 Å². The fourth-order valence-corrected chi connectivity index (χ4v) is 1.27. The summed E-state index contributed by atoms with van der Waals surface area (Å²) in [5.74, 6) is 0.558. The third-order valence-electron chi connectivity index (χ3n) is 1.90. The molecule has 0 atom stereocenters. The molecule has 0 heterocycles. The maximum absolute atomic E-state index is 10.2. The molecule has 1 aromatic carbocycles. The summed E-state index contributed by atoms with van der Waals surface area (Å²) in [7, 11) is 0. The summed E-state index contributed by atoms with van der Waals surface area (Å²) < 4.78 is 4.80. The van der Waals surface area contributed by atoms with Gasteiger partial charge in [0.25, 0.3) is 6.47 Å². The van der Waals surface area contributed by atoms with Crippen LogP contribution < -0.4 is 10.1 Å². The smallest absolute Gasteiger partial charge is 0.298 e. The van der Waals surface area contributed by atoms with Crippen molar-refractivity contribution in [3.05, 3.63) is 23.8 Å². The van der Waals surface area contributed by atoms with Crippen LogP contribution in [0.4, 0.5) is 5.69 Å². The van der Waals surface area contributed by atoms with Gasteiger partial charge in [0.2, 0.25) is 0 Å². The molecular weight excluding hydrogens is 190 g/mol. The Morgan fingerprint density at radius 3 is 2.53 bits per heavy atom. The standard InChI is InChI=1S/C12H17NO2/c1-9-5-6-10(15-8-14)7-11(9)13-12(2,3)4/h5-8,13H,1-4H3. The van der Waals surface area contributed by atoms with Gasteiger partial charge in [0, 0.05) is 17.3 Å². The molecule has 0 spiro atoms. The van der Waals surface area contributed by atoms with Crippen molar-refractivity contribution in [2.75, 3.05) is 5.32 Å². The van der Waals surface area contributed by atoms with Crippen LogP contribution in [0.5, 0.6) is 5.75 Å². The van der Waals surface area contributed by atoms with Crippen molar-refractivity contribution in [3.8, 4) is 5.75 Å². The van der Waals surface area contributed by atoms with E-state index >= 15 is 0 Å². The number of rotatable bonds is 3. The molecule has 0 saturated carbocycles. The quantitative estimate of drug-likeness (QED) is 0.774. The lowest BCUT2D eigenvalue weighted by atomic mass is 10.1. The molecule has 0 aromatic heterocycles. The molecule has 1 aromatic rings. The molecule has 0 amide bonds. The van der Waals surface area contributed by atoms with E-state index in [1.807, 2.05) is 19.1 Å². The third-order valence-corrected chi connectivity index (χ3v) is 1.90. The average molecular weight is 207 g/mol. The van der Waals surface area contributed by atoms with Gasteiger partial charge in [0.15, 0.2) is 0 Å². The zero-order valence-corrected chi connectivity index (χ0v) is 9.63. The number of carbonyl (C=O) groups is 1. The van der Waals surface area contributed by atoms with Crippen LogP contribution in [0.1, 0.15) is 26.3 Å². The fraction of sp³-hybridized carbons (Fsp3) is 0.417. The molecule has 3 nitrogen and oxygen atoms in total. The number of nitrogens with one attached hydrogen (secondary N) is 1. The topological polar surface area (TPSA) is 38.3 Å². The minimum atomic E-state index is -0.00936. The van der Waals surface area contributed by atoms with Crippen molar-refractivity contribution < 1.29 is 9.53 Å². The number of hydrogen-bond acceptors (Lipinski definition) is 3. The Hall–Kier alpha value is -1.51. The molecule has 15 heavy (non-hydrogen) atoms. The average Bonchev–Trinajstić information content (AvgIpc) is 2.09. The molecule has 3 heteroatoms. The Morgan fingerprint density at radius 1 is 1.33 bits per heavy atom. The van der Waals surface area contributed by atoms with Crippen LogP contribution in [0.15, 0.2) is 18.2 Å². The Labute approximate surface area is 90.4 Å². The molecule has 0 aliphatic rings. The highest BCUT2D eigenvalue weighted by Gasteiger charge is 2.11. The summed E-state index contributed by atoms with van der Waals surface area (Å²) >= 11 is 0. The molecule has 0 radical (unpaired) electrons. The Morgan fingerprint density at radius 2 is 2.00 bits per heavy atom. The van der Waals surface area contributed by atoms with Gasteiger partial charge >= 0.3 is 0 Å². The second-order valence-corrected chi connectivity index (χ2v) is 4.57. The van der Waals surface area contributed by atoms with Crippen LogP contribution in [0.2, 0.25) is 0 Å². The Balaban J connectivity index is 2.95. The largest absolute Gasteiger partial charge is 0.429 e. The van der Waals surface area contributed by atoms with Crippen LogP contribution in [0.25, 0.3) is 0 Å². The first-order valence-electron chi connectivity index (χ1n) is 4.91. The van der Waals surface area contributed by atoms with Gasteiger partial charge in [-0.15, -0.1) is 0 Å². The van der Waals surface area contributed by atoms with E-state index in [4.69, 9.17) is 4.74 Å². The van der Waals surface area contributed by atoms with Crippen LogP contribution in [-0.2, 0) is 4.79 Å². The van der Waals surface area contributed by atoms with Crippen molar-refractivity contribution in [1.29, 1.82) is 0 Å². The highest BCUT2D eigenvalue weighted by molar-refractivity contribution is 5.58. The lowest BCUT2D eigenvalue weighted by molar-refractivity contribution is -0.120. The monoisotopic (exact) mass is 207 g/mol. The molecule has 0 aliphatic carbocycles.